The zero-order valence-corrected chi connectivity index (χ0v) is 15.3. The van der Waals surface area contributed by atoms with Gasteiger partial charge in [-0.3, -0.25) is 14.9 Å². The van der Waals surface area contributed by atoms with E-state index >= 15 is 0 Å². The fourth-order valence-corrected chi connectivity index (χ4v) is 4.22. The first-order valence-corrected chi connectivity index (χ1v) is 9.33. The van der Waals surface area contributed by atoms with E-state index < -0.39 is 50.7 Å². The van der Waals surface area contributed by atoms with Crippen LogP contribution in [0, 0.1) is 10.1 Å². The molecular formula is C16H15ClN2O7S. The van der Waals surface area contributed by atoms with Crippen LogP contribution in [0.5, 0.6) is 0 Å². The smallest absolute Gasteiger partial charge is 0.324 e. The molecule has 2 rings (SSSR count). The Kier molecular flexibility index (Phi) is 6.50. The SMILES string of the molecule is O=C(O)[C@H](CO)N(Cc1ccc(Cl)cc1)S(=O)(=O)c1ccccc1[N+](=O)[O-]. The van der Waals surface area contributed by atoms with E-state index in [0.717, 1.165) is 12.1 Å². The molecule has 2 aromatic carbocycles. The molecule has 0 bridgehead atoms. The predicted octanol–water partition coefficient (Wildman–Crippen LogP) is 1.88. The quantitative estimate of drug-likeness (QED) is 0.496. The van der Waals surface area contributed by atoms with Crippen LogP contribution in [0.25, 0.3) is 0 Å². The van der Waals surface area contributed by atoms with Gasteiger partial charge in [-0.2, -0.15) is 4.31 Å². The summed E-state index contributed by atoms with van der Waals surface area (Å²) in [6.07, 6.45) is 0. The molecule has 0 unspecified atom stereocenters. The van der Waals surface area contributed by atoms with E-state index in [1.165, 1.54) is 36.4 Å². The minimum Gasteiger partial charge on any atom is -0.480 e. The Bertz CT molecular complexity index is 947. The number of rotatable bonds is 8. The summed E-state index contributed by atoms with van der Waals surface area (Å²) in [5.41, 5.74) is -0.304. The predicted molar refractivity (Wildman–Crippen MR) is 95.8 cm³/mol. The highest BCUT2D eigenvalue weighted by Gasteiger charge is 2.39. The van der Waals surface area contributed by atoms with Crippen LogP contribution < -0.4 is 0 Å². The van der Waals surface area contributed by atoms with Gasteiger partial charge in [-0.1, -0.05) is 35.9 Å². The zero-order valence-electron chi connectivity index (χ0n) is 13.7. The van der Waals surface area contributed by atoms with Crippen molar-refractivity contribution in [2.75, 3.05) is 6.61 Å². The molecule has 0 spiro atoms. The van der Waals surface area contributed by atoms with Gasteiger partial charge in [0.25, 0.3) is 15.7 Å². The second kappa shape index (κ2) is 8.44. The molecule has 11 heteroatoms. The van der Waals surface area contributed by atoms with Crippen LogP contribution in [-0.4, -0.2) is 46.5 Å². The minimum atomic E-state index is -4.62. The molecule has 0 aliphatic rings. The van der Waals surface area contributed by atoms with E-state index in [4.69, 9.17) is 11.6 Å². The molecule has 0 saturated carbocycles. The van der Waals surface area contributed by atoms with Crippen molar-refractivity contribution in [3.05, 3.63) is 69.2 Å². The first-order valence-electron chi connectivity index (χ1n) is 7.52. The monoisotopic (exact) mass is 414 g/mol. The molecule has 27 heavy (non-hydrogen) atoms. The average molecular weight is 415 g/mol. The molecule has 0 fully saturated rings. The summed E-state index contributed by atoms with van der Waals surface area (Å²) in [6, 6.07) is 8.71. The molecule has 2 N–H and O–H groups in total. The summed E-state index contributed by atoms with van der Waals surface area (Å²) in [5.74, 6) is -1.59. The molecule has 0 aromatic heterocycles. The molecule has 0 saturated heterocycles. The Morgan fingerprint density at radius 2 is 1.78 bits per heavy atom. The third-order valence-corrected chi connectivity index (χ3v) is 5.86. The van der Waals surface area contributed by atoms with Gasteiger partial charge in [-0.25, -0.2) is 8.42 Å². The Morgan fingerprint density at radius 3 is 2.30 bits per heavy atom. The summed E-state index contributed by atoms with van der Waals surface area (Å²) in [7, 11) is -4.62. The van der Waals surface area contributed by atoms with Gasteiger partial charge in [0.2, 0.25) is 0 Å². The number of carbonyl (C=O) groups is 1. The number of halogens is 1. The molecule has 0 heterocycles. The largest absolute Gasteiger partial charge is 0.480 e. The van der Waals surface area contributed by atoms with Crippen LogP contribution in [0.1, 0.15) is 5.56 Å². The fraction of sp³-hybridized carbons (Fsp3) is 0.188. The lowest BCUT2D eigenvalue weighted by molar-refractivity contribution is -0.387. The van der Waals surface area contributed by atoms with Crippen LogP contribution in [0.3, 0.4) is 0 Å². The Balaban J connectivity index is 2.59. The van der Waals surface area contributed by atoms with E-state index in [-0.39, 0.29) is 0 Å². The van der Waals surface area contributed by atoms with Crippen molar-refractivity contribution < 1.29 is 28.3 Å². The van der Waals surface area contributed by atoms with Crippen molar-refractivity contribution >= 4 is 33.3 Å². The van der Waals surface area contributed by atoms with Gasteiger partial charge >= 0.3 is 5.97 Å². The Morgan fingerprint density at radius 1 is 1.19 bits per heavy atom. The summed E-state index contributed by atoms with van der Waals surface area (Å²) < 4.78 is 26.6. The molecule has 2 aromatic rings. The van der Waals surface area contributed by atoms with Crippen LogP contribution in [-0.2, 0) is 21.4 Å². The number of nitrogens with zero attached hydrogens (tertiary/aromatic N) is 2. The van der Waals surface area contributed by atoms with Gasteiger partial charge in [0.15, 0.2) is 4.90 Å². The number of carboxylic acids is 1. The van der Waals surface area contributed by atoms with Crippen LogP contribution >= 0.6 is 11.6 Å². The third-order valence-electron chi connectivity index (χ3n) is 3.71. The van der Waals surface area contributed by atoms with Crippen molar-refractivity contribution in [2.45, 2.75) is 17.5 Å². The average Bonchev–Trinajstić information content (AvgIpc) is 2.62. The summed E-state index contributed by atoms with van der Waals surface area (Å²) >= 11 is 5.79. The number of benzene rings is 2. The van der Waals surface area contributed by atoms with E-state index in [1.807, 2.05) is 0 Å². The van der Waals surface area contributed by atoms with Crippen molar-refractivity contribution in [1.82, 2.24) is 4.31 Å². The highest BCUT2D eigenvalue weighted by atomic mass is 35.5. The van der Waals surface area contributed by atoms with Crippen molar-refractivity contribution in [2.24, 2.45) is 0 Å². The lowest BCUT2D eigenvalue weighted by atomic mass is 10.2. The number of nitro groups is 1. The molecule has 0 amide bonds. The van der Waals surface area contributed by atoms with Gasteiger partial charge in [0.1, 0.15) is 6.04 Å². The molecule has 1 atom stereocenters. The first kappa shape index (κ1) is 20.8. The number of para-hydroxylation sites is 1. The Labute approximate surface area is 159 Å². The van der Waals surface area contributed by atoms with E-state index in [9.17, 15) is 33.5 Å². The Hall–Kier alpha value is -2.53. The lowest BCUT2D eigenvalue weighted by Crippen LogP contribution is -2.46. The van der Waals surface area contributed by atoms with Crippen LogP contribution in [0.15, 0.2) is 53.4 Å². The van der Waals surface area contributed by atoms with Gasteiger partial charge in [-0.15, -0.1) is 0 Å². The lowest BCUT2D eigenvalue weighted by Gasteiger charge is -2.27. The number of hydrogen-bond acceptors (Lipinski definition) is 6. The molecule has 144 valence electrons. The van der Waals surface area contributed by atoms with Gasteiger partial charge in [0.05, 0.1) is 11.5 Å². The van der Waals surface area contributed by atoms with E-state index in [0.29, 0.717) is 14.9 Å². The highest BCUT2D eigenvalue weighted by Crippen LogP contribution is 2.29. The standard InChI is InChI=1S/C16H15ClN2O7S/c17-12-7-5-11(6-8-12)9-18(14(10-20)16(21)22)27(25,26)15-4-2-1-3-13(15)19(23)24/h1-8,14,20H,9-10H2,(H,21,22)/t14-/m0/s1. The zero-order chi connectivity index (χ0) is 20.2. The van der Waals surface area contributed by atoms with Crippen molar-refractivity contribution in [3.8, 4) is 0 Å². The number of hydrogen-bond donors (Lipinski definition) is 2. The number of carboxylic acid groups (broad SMARTS) is 1. The van der Waals surface area contributed by atoms with Crippen molar-refractivity contribution in [3.63, 3.8) is 0 Å². The van der Waals surface area contributed by atoms with Crippen LogP contribution in [0.4, 0.5) is 5.69 Å². The first-order chi connectivity index (χ1) is 12.7. The molecule has 0 aliphatic heterocycles. The van der Waals surface area contributed by atoms with Crippen LogP contribution in [0.2, 0.25) is 5.02 Å². The van der Waals surface area contributed by atoms with Gasteiger partial charge < -0.3 is 10.2 Å². The summed E-state index contributed by atoms with van der Waals surface area (Å²) in [6.45, 7) is -1.44. The van der Waals surface area contributed by atoms with E-state index in [2.05, 4.69) is 0 Å². The maximum absolute atomic E-state index is 13.1. The number of sulfonamides is 1. The number of aliphatic carboxylic acids is 1. The fourth-order valence-electron chi connectivity index (χ4n) is 2.38. The van der Waals surface area contributed by atoms with Crippen molar-refractivity contribution in [1.29, 1.82) is 0 Å². The molecule has 9 nitrogen and oxygen atoms in total. The van der Waals surface area contributed by atoms with Gasteiger partial charge in [-0.05, 0) is 23.8 Å². The third kappa shape index (κ3) is 4.61. The second-order valence-electron chi connectivity index (χ2n) is 5.44. The number of nitro benzene ring substituents is 1. The number of aliphatic hydroxyl groups excluding tert-OH is 1. The topological polar surface area (TPSA) is 138 Å². The van der Waals surface area contributed by atoms with Gasteiger partial charge in [0, 0.05) is 17.6 Å². The maximum atomic E-state index is 13.1. The highest BCUT2D eigenvalue weighted by molar-refractivity contribution is 7.89. The summed E-state index contributed by atoms with van der Waals surface area (Å²) in [5, 5.41) is 30.4. The second-order valence-corrected chi connectivity index (χ2v) is 7.73. The summed E-state index contributed by atoms with van der Waals surface area (Å²) in [4.78, 5) is 21.2. The number of aliphatic hydroxyl groups is 1. The molecular weight excluding hydrogens is 400 g/mol. The van der Waals surface area contributed by atoms with E-state index in [1.54, 1.807) is 0 Å². The molecule has 0 aliphatic carbocycles. The maximum Gasteiger partial charge on any atom is 0.324 e. The normalized spacial score (nSPS) is 12.7. The minimum absolute atomic E-state index is 0.390. The molecule has 0 radical (unpaired) electrons.